The summed E-state index contributed by atoms with van der Waals surface area (Å²) >= 11 is 0. The summed E-state index contributed by atoms with van der Waals surface area (Å²) in [6.45, 7) is 5.21. The lowest BCUT2D eigenvalue weighted by atomic mass is 10.0. The molecule has 0 aromatic rings. The molecule has 0 rings (SSSR count). The number of nitrogens with zero attached hydrogens (tertiary/aromatic N) is 1. The van der Waals surface area contributed by atoms with Gasteiger partial charge in [-0.15, -0.1) is 0 Å². The molecule has 0 spiro atoms. The first kappa shape index (κ1) is 29.3. The first-order valence-electron chi connectivity index (χ1n) is 11.3. The third-order valence-corrected chi connectivity index (χ3v) is 5.32. The number of quaternary nitrogens is 1. The SMILES string of the molecule is CCCCCCCCCCCCCCCCOC[N+](C)(CCO)CCO.[Cl-]. The van der Waals surface area contributed by atoms with Gasteiger partial charge in [0.1, 0.15) is 13.1 Å². The van der Waals surface area contributed by atoms with Gasteiger partial charge in [0.25, 0.3) is 0 Å². The van der Waals surface area contributed by atoms with Gasteiger partial charge in [-0.25, -0.2) is 0 Å². The quantitative estimate of drug-likeness (QED) is 0.173. The van der Waals surface area contributed by atoms with E-state index in [4.69, 9.17) is 14.9 Å². The molecule has 0 unspecified atom stereocenters. The van der Waals surface area contributed by atoms with E-state index in [1.807, 2.05) is 7.05 Å². The summed E-state index contributed by atoms with van der Waals surface area (Å²) in [5.41, 5.74) is 0. The van der Waals surface area contributed by atoms with Crippen LogP contribution in [0.5, 0.6) is 0 Å². The Labute approximate surface area is 175 Å². The molecule has 4 nitrogen and oxygen atoms in total. The van der Waals surface area contributed by atoms with E-state index >= 15 is 0 Å². The van der Waals surface area contributed by atoms with E-state index in [9.17, 15) is 0 Å². The van der Waals surface area contributed by atoms with Crippen molar-refractivity contribution in [3.05, 3.63) is 0 Å². The molecular formula is C22H48ClNO3. The van der Waals surface area contributed by atoms with Crippen molar-refractivity contribution < 1.29 is 31.8 Å². The summed E-state index contributed by atoms with van der Waals surface area (Å²) in [5.74, 6) is 0. The summed E-state index contributed by atoms with van der Waals surface area (Å²) in [6.07, 6.45) is 19.2. The van der Waals surface area contributed by atoms with Crippen molar-refractivity contribution in [2.24, 2.45) is 0 Å². The van der Waals surface area contributed by atoms with Crippen LogP contribution in [0, 0.1) is 0 Å². The lowest BCUT2D eigenvalue weighted by molar-refractivity contribution is -0.928. The Balaban J connectivity index is 0. The number of ether oxygens (including phenoxy) is 1. The van der Waals surface area contributed by atoms with Crippen LogP contribution in [-0.2, 0) is 4.74 Å². The second kappa shape index (κ2) is 22.4. The fraction of sp³-hybridized carbons (Fsp3) is 1.00. The maximum absolute atomic E-state index is 9.11. The second-order valence-corrected chi connectivity index (χ2v) is 8.15. The standard InChI is InChI=1S/C22H48NO3.ClH/c1-3-4-5-6-7-8-9-10-11-12-13-14-15-16-21-26-22-23(2,17-19-24)18-20-25;/h24-25H,3-22H2,1-2H3;1H/q+1;/p-1. The van der Waals surface area contributed by atoms with E-state index in [0.717, 1.165) is 13.0 Å². The number of likely N-dealkylation sites (N-methyl/N-ethyl adjacent to an activating group) is 1. The molecule has 2 N–H and O–H groups in total. The normalized spacial score (nSPS) is 11.6. The highest BCUT2D eigenvalue weighted by molar-refractivity contribution is 4.49. The van der Waals surface area contributed by atoms with Crippen LogP contribution in [0.3, 0.4) is 0 Å². The largest absolute Gasteiger partial charge is 1.00 e. The number of aliphatic hydroxyl groups is 2. The van der Waals surface area contributed by atoms with Crippen LogP contribution in [0.4, 0.5) is 0 Å². The van der Waals surface area contributed by atoms with Crippen molar-refractivity contribution in [2.45, 2.75) is 96.8 Å². The Morgan fingerprint density at radius 1 is 0.630 bits per heavy atom. The Morgan fingerprint density at radius 2 is 1.00 bits per heavy atom. The molecule has 0 aromatic carbocycles. The molecule has 0 aromatic heterocycles. The van der Waals surface area contributed by atoms with Crippen LogP contribution in [0.1, 0.15) is 96.8 Å². The zero-order valence-corrected chi connectivity index (χ0v) is 19.0. The summed E-state index contributed by atoms with van der Waals surface area (Å²) in [7, 11) is 2.03. The molecule has 0 aliphatic rings. The van der Waals surface area contributed by atoms with Gasteiger partial charge in [-0.2, -0.15) is 0 Å². The number of unbranched alkanes of at least 4 members (excludes halogenated alkanes) is 13. The highest BCUT2D eigenvalue weighted by Crippen LogP contribution is 2.13. The molecule has 0 saturated heterocycles. The molecule has 0 atom stereocenters. The first-order valence-corrected chi connectivity index (χ1v) is 11.3. The van der Waals surface area contributed by atoms with Crippen molar-refractivity contribution in [3.8, 4) is 0 Å². The second-order valence-electron chi connectivity index (χ2n) is 8.15. The van der Waals surface area contributed by atoms with E-state index < -0.39 is 0 Å². The Morgan fingerprint density at radius 3 is 1.37 bits per heavy atom. The summed E-state index contributed by atoms with van der Waals surface area (Å²) in [5, 5.41) is 18.2. The maximum atomic E-state index is 9.11. The van der Waals surface area contributed by atoms with Gasteiger partial charge in [0, 0.05) is 0 Å². The minimum atomic E-state index is 0. The van der Waals surface area contributed by atoms with Crippen LogP contribution in [0.25, 0.3) is 0 Å². The van der Waals surface area contributed by atoms with Gasteiger partial charge in [-0.05, 0) is 6.42 Å². The molecule has 27 heavy (non-hydrogen) atoms. The van der Waals surface area contributed by atoms with Crippen molar-refractivity contribution in [1.29, 1.82) is 0 Å². The van der Waals surface area contributed by atoms with Crippen LogP contribution < -0.4 is 12.4 Å². The fourth-order valence-electron chi connectivity index (χ4n) is 3.41. The fourth-order valence-corrected chi connectivity index (χ4v) is 3.41. The molecule has 0 radical (unpaired) electrons. The monoisotopic (exact) mass is 409 g/mol. The predicted octanol–water partition coefficient (Wildman–Crippen LogP) is 1.88. The van der Waals surface area contributed by atoms with Gasteiger partial charge in [-0.1, -0.05) is 90.4 Å². The van der Waals surface area contributed by atoms with Crippen molar-refractivity contribution in [2.75, 3.05) is 46.7 Å². The Hall–Kier alpha value is 0.130. The van der Waals surface area contributed by atoms with E-state index in [1.54, 1.807) is 0 Å². The molecule has 0 saturated carbocycles. The van der Waals surface area contributed by atoms with Crippen LogP contribution >= 0.6 is 0 Å². The number of aliphatic hydroxyl groups excluding tert-OH is 2. The molecule has 0 aliphatic heterocycles. The van der Waals surface area contributed by atoms with Gasteiger partial charge < -0.3 is 27.4 Å². The topological polar surface area (TPSA) is 49.7 Å². The van der Waals surface area contributed by atoms with Crippen molar-refractivity contribution in [1.82, 2.24) is 0 Å². The van der Waals surface area contributed by atoms with Crippen LogP contribution in [0.15, 0.2) is 0 Å². The van der Waals surface area contributed by atoms with Crippen LogP contribution in [0.2, 0.25) is 0 Å². The van der Waals surface area contributed by atoms with Gasteiger partial charge in [0.15, 0.2) is 6.73 Å². The number of halogens is 1. The average Bonchev–Trinajstić information content (AvgIpc) is 2.62. The summed E-state index contributed by atoms with van der Waals surface area (Å²) < 4.78 is 6.35. The predicted molar refractivity (Wildman–Crippen MR) is 111 cm³/mol. The number of hydrogen-bond donors (Lipinski definition) is 2. The Kier molecular flexibility index (Phi) is 24.4. The Bertz CT molecular complexity index is 274. The molecular weight excluding hydrogens is 362 g/mol. The number of rotatable bonds is 21. The smallest absolute Gasteiger partial charge is 0.183 e. The molecule has 5 heteroatoms. The van der Waals surface area contributed by atoms with Crippen molar-refractivity contribution in [3.63, 3.8) is 0 Å². The third kappa shape index (κ3) is 20.7. The van der Waals surface area contributed by atoms with Gasteiger partial charge in [-0.3, -0.25) is 4.48 Å². The van der Waals surface area contributed by atoms with Crippen LogP contribution in [-0.4, -0.2) is 61.4 Å². The number of hydrogen-bond acceptors (Lipinski definition) is 3. The van der Waals surface area contributed by atoms with Gasteiger partial charge in [0.2, 0.25) is 0 Å². The molecule has 166 valence electrons. The zero-order valence-electron chi connectivity index (χ0n) is 18.3. The first-order chi connectivity index (χ1) is 12.7. The van der Waals surface area contributed by atoms with E-state index in [-0.39, 0.29) is 25.6 Å². The van der Waals surface area contributed by atoms with Gasteiger partial charge >= 0.3 is 0 Å². The highest BCUT2D eigenvalue weighted by atomic mass is 35.5. The molecule has 0 aliphatic carbocycles. The zero-order chi connectivity index (χ0) is 19.3. The molecule has 0 amide bonds. The highest BCUT2D eigenvalue weighted by Gasteiger charge is 2.20. The van der Waals surface area contributed by atoms with E-state index in [1.165, 1.54) is 83.5 Å². The molecule has 0 bridgehead atoms. The lowest BCUT2D eigenvalue weighted by Gasteiger charge is -2.32. The third-order valence-electron chi connectivity index (χ3n) is 5.32. The summed E-state index contributed by atoms with van der Waals surface area (Å²) in [4.78, 5) is 0. The van der Waals surface area contributed by atoms with Crippen molar-refractivity contribution >= 4 is 0 Å². The summed E-state index contributed by atoms with van der Waals surface area (Å²) in [6, 6.07) is 0. The molecule has 0 heterocycles. The minimum Gasteiger partial charge on any atom is -1.00 e. The van der Waals surface area contributed by atoms with Gasteiger partial charge in [0.05, 0.1) is 26.9 Å². The minimum absolute atomic E-state index is 0. The van der Waals surface area contributed by atoms with E-state index in [0.29, 0.717) is 24.3 Å². The maximum Gasteiger partial charge on any atom is 0.183 e. The molecule has 0 fully saturated rings. The average molecular weight is 410 g/mol. The van der Waals surface area contributed by atoms with E-state index in [2.05, 4.69) is 6.92 Å². The lowest BCUT2D eigenvalue weighted by Crippen LogP contribution is -3.00.